The van der Waals surface area contributed by atoms with Gasteiger partial charge in [0.25, 0.3) is 0 Å². The zero-order chi connectivity index (χ0) is 18.0. The van der Waals surface area contributed by atoms with E-state index >= 15 is 0 Å². The molecule has 0 unspecified atom stereocenters. The van der Waals surface area contributed by atoms with Crippen molar-refractivity contribution in [2.75, 3.05) is 5.32 Å². The van der Waals surface area contributed by atoms with E-state index in [2.05, 4.69) is 10.3 Å². The number of hydrogen-bond acceptors (Lipinski definition) is 4. The third-order valence-corrected chi connectivity index (χ3v) is 4.10. The zero-order valence-electron chi connectivity index (χ0n) is 14.1. The lowest BCUT2D eigenvalue weighted by molar-refractivity contribution is 0.0982. The summed E-state index contributed by atoms with van der Waals surface area (Å²) in [5.41, 5.74) is 2.87. The number of pyridine rings is 1. The number of benzene rings is 2. The number of nitrogens with one attached hydrogen (secondary N) is 1. The Labute approximate surface area is 145 Å². The number of phenols is 1. The number of aromatic hydroxyl groups is 1. The Morgan fingerprint density at radius 1 is 1.28 bits per heavy atom. The zero-order valence-corrected chi connectivity index (χ0v) is 14.1. The van der Waals surface area contributed by atoms with Gasteiger partial charge in [-0.25, -0.2) is 4.39 Å². The molecule has 0 bridgehead atoms. The number of rotatable bonds is 5. The van der Waals surface area contributed by atoms with E-state index in [1.807, 2.05) is 6.92 Å². The highest BCUT2D eigenvalue weighted by Crippen LogP contribution is 2.34. The van der Waals surface area contributed by atoms with Crippen LogP contribution in [0.25, 0.3) is 10.9 Å². The number of carbonyl (C=O) groups is 1. The van der Waals surface area contributed by atoms with Crippen LogP contribution in [0.15, 0.2) is 42.6 Å². The number of hydrogen-bond donors (Lipinski definition) is 2. The molecular weight excluding hydrogens is 319 g/mol. The molecule has 1 aromatic heterocycles. The average molecular weight is 338 g/mol. The van der Waals surface area contributed by atoms with Gasteiger partial charge in [-0.2, -0.15) is 0 Å². The molecule has 0 aliphatic heterocycles. The topological polar surface area (TPSA) is 62.2 Å². The molecule has 0 radical (unpaired) electrons. The summed E-state index contributed by atoms with van der Waals surface area (Å²) in [6, 6.07) is 9.48. The standard InChI is InChI=1S/C20H19FN2O2/c1-3-5-17(24)15-11-22-20-14(6-4-7-18(20)25)19(15)23-16-9-8-13(21)10-12(16)2/h4,6-11,25H,3,5H2,1-2H3,(H,22,23). The van der Waals surface area contributed by atoms with Crippen LogP contribution in [0.2, 0.25) is 0 Å². The van der Waals surface area contributed by atoms with E-state index in [1.54, 1.807) is 31.2 Å². The summed E-state index contributed by atoms with van der Waals surface area (Å²) in [6.07, 6.45) is 2.62. The SMILES string of the molecule is CCCC(=O)c1cnc2c(O)cccc2c1Nc1ccc(F)cc1C. The lowest BCUT2D eigenvalue weighted by Crippen LogP contribution is -2.06. The van der Waals surface area contributed by atoms with Crippen LogP contribution in [0.5, 0.6) is 5.75 Å². The van der Waals surface area contributed by atoms with Crippen molar-refractivity contribution >= 4 is 28.1 Å². The normalized spacial score (nSPS) is 10.8. The second-order valence-corrected chi connectivity index (χ2v) is 5.98. The van der Waals surface area contributed by atoms with Crippen molar-refractivity contribution in [2.24, 2.45) is 0 Å². The highest BCUT2D eigenvalue weighted by atomic mass is 19.1. The number of fused-ring (bicyclic) bond motifs is 1. The Bertz CT molecular complexity index is 954. The third-order valence-electron chi connectivity index (χ3n) is 4.10. The van der Waals surface area contributed by atoms with E-state index in [-0.39, 0.29) is 17.3 Å². The number of Topliss-reactive ketones (excluding diaryl/α,β-unsaturated/α-hetero) is 1. The minimum absolute atomic E-state index is 0.0255. The first-order chi connectivity index (χ1) is 12.0. The summed E-state index contributed by atoms with van der Waals surface area (Å²) >= 11 is 0. The Hall–Kier alpha value is -2.95. The summed E-state index contributed by atoms with van der Waals surface area (Å²) in [5.74, 6) is -0.295. The van der Waals surface area contributed by atoms with E-state index in [9.17, 15) is 14.3 Å². The number of aryl methyl sites for hydroxylation is 1. The minimum atomic E-state index is -0.317. The molecule has 0 spiro atoms. The summed E-state index contributed by atoms with van der Waals surface area (Å²) in [7, 11) is 0. The van der Waals surface area contributed by atoms with Crippen molar-refractivity contribution < 1.29 is 14.3 Å². The third kappa shape index (κ3) is 3.31. The Kier molecular flexibility index (Phi) is 4.65. The highest BCUT2D eigenvalue weighted by molar-refractivity contribution is 6.09. The van der Waals surface area contributed by atoms with Crippen molar-refractivity contribution in [1.82, 2.24) is 4.98 Å². The van der Waals surface area contributed by atoms with Gasteiger partial charge in [-0.05, 0) is 43.2 Å². The second kappa shape index (κ2) is 6.89. The van der Waals surface area contributed by atoms with E-state index in [1.165, 1.54) is 18.3 Å². The molecule has 1 heterocycles. The Balaban J connectivity index is 2.20. The molecule has 0 saturated carbocycles. The lowest BCUT2D eigenvalue weighted by atomic mass is 10.0. The first-order valence-electron chi connectivity index (χ1n) is 8.18. The molecule has 3 aromatic rings. The predicted octanol–water partition coefficient (Wildman–Crippen LogP) is 5.11. The van der Waals surface area contributed by atoms with E-state index < -0.39 is 0 Å². The van der Waals surface area contributed by atoms with Crippen LogP contribution in [0.1, 0.15) is 35.7 Å². The molecule has 128 valence electrons. The molecule has 5 heteroatoms. The molecule has 0 atom stereocenters. The van der Waals surface area contributed by atoms with Gasteiger partial charge in [0.05, 0.1) is 11.3 Å². The van der Waals surface area contributed by atoms with Gasteiger partial charge in [0.2, 0.25) is 0 Å². The fraction of sp³-hybridized carbons (Fsp3) is 0.200. The Morgan fingerprint density at radius 3 is 2.80 bits per heavy atom. The van der Waals surface area contributed by atoms with Crippen molar-refractivity contribution in [3.63, 3.8) is 0 Å². The number of carbonyl (C=O) groups excluding carboxylic acids is 1. The average Bonchev–Trinajstić information content (AvgIpc) is 2.58. The van der Waals surface area contributed by atoms with Gasteiger partial charge >= 0.3 is 0 Å². The maximum absolute atomic E-state index is 13.4. The van der Waals surface area contributed by atoms with Gasteiger partial charge in [0.1, 0.15) is 17.1 Å². The molecule has 0 aliphatic carbocycles. The number of para-hydroxylation sites is 1. The number of aromatic nitrogens is 1. The maximum atomic E-state index is 13.4. The van der Waals surface area contributed by atoms with Crippen molar-refractivity contribution in [3.05, 3.63) is 59.5 Å². The quantitative estimate of drug-likeness (QED) is 0.634. The van der Waals surface area contributed by atoms with Gasteiger partial charge < -0.3 is 10.4 Å². The molecule has 4 nitrogen and oxygen atoms in total. The predicted molar refractivity (Wildman–Crippen MR) is 97.1 cm³/mol. The van der Waals surface area contributed by atoms with Gasteiger partial charge in [-0.15, -0.1) is 0 Å². The lowest BCUT2D eigenvalue weighted by Gasteiger charge is -2.16. The molecular formula is C20H19FN2O2. The van der Waals surface area contributed by atoms with Gasteiger partial charge in [-0.3, -0.25) is 9.78 Å². The molecule has 25 heavy (non-hydrogen) atoms. The fourth-order valence-corrected chi connectivity index (χ4v) is 2.82. The van der Waals surface area contributed by atoms with Gasteiger partial charge in [0, 0.05) is 23.7 Å². The first kappa shape index (κ1) is 16.9. The van der Waals surface area contributed by atoms with Crippen molar-refractivity contribution in [3.8, 4) is 5.75 Å². The Morgan fingerprint density at radius 2 is 2.08 bits per heavy atom. The van der Waals surface area contributed by atoms with Crippen LogP contribution >= 0.6 is 0 Å². The summed E-state index contributed by atoms with van der Waals surface area (Å²) in [4.78, 5) is 16.8. The smallest absolute Gasteiger partial charge is 0.166 e. The van der Waals surface area contributed by atoms with E-state index in [4.69, 9.17) is 0 Å². The molecule has 2 N–H and O–H groups in total. The number of halogens is 1. The fourth-order valence-electron chi connectivity index (χ4n) is 2.82. The van der Waals surface area contributed by atoms with Crippen LogP contribution in [0, 0.1) is 12.7 Å². The summed E-state index contributed by atoms with van der Waals surface area (Å²) < 4.78 is 13.4. The number of anilines is 2. The number of phenolic OH excluding ortho intramolecular Hbond substituents is 1. The van der Waals surface area contributed by atoms with Gasteiger partial charge in [-0.1, -0.05) is 19.1 Å². The molecule has 3 rings (SSSR count). The van der Waals surface area contributed by atoms with Crippen LogP contribution < -0.4 is 5.32 Å². The number of ketones is 1. The van der Waals surface area contributed by atoms with Crippen LogP contribution in [-0.2, 0) is 0 Å². The summed E-state index contributed by atoms with van der Waals surface area (Å²) in [5, 5.41) is 13.9. The van der Waals surface area contributed by atoms with Crippen LogP contribution in [0.3, 0.4) is 0 Å². The monoisotopic (exact) mass is 338 g/mol. The maximum Gasteiger partial charge on any atom is 0.166 e. The minimum Gasteiger partial charge on any atom is -0.506 e. The highest BCUT2D eigenvalue weighted by Gasteiger charge is 2.17. The molecule has 0 amide bonds. The van der Waals surface area contributed by atoms with E-state index in [0.717, 1.165) is 12.0 Å². The van der Waals surface area contributed by atoms with Crippen LogP contribution in [-0.4, -0.2) is 15.9 Å². The van der Waals surface area contributed by atoms with Crippen molar-refractivity contribution in [1.29, 1.82) is 0 Å². The van der Waals surface area contributed by atoms with Crippen LogP contribution in [0.4, 0.5) is 15.8 Å². The van der Waals surface area contributed by atoms with Crippen molar-refractivity contribution in [2.45, 2.75) is 26.7 Å². The van der Waals surface area contributed by atoms with E-state index in [0.29, 0.717) is 34.3 Å². The summed E-state index contributed by atoms with van der Waals surface area (Å²) in [6.45, 7) is 3.73. The molecule has 0 saturated heterocycles. The molecule has 2 aromatic carbocycles. The largest absolute Gasteiger partial charge is 0.506 e. The molecule has 0 fully saturated rings. The van der Waals surface area contributed by atoms with Gasteiger partial charge in [0.15, 0.2) is 5.78 Å². The number of nitrogens with zero attached hydrogens (tertiary/aromatic N) is 1. The molecule has 0 aliphatic rings. The first-order valence-corrected chi connectivity index (χ1v) is 8.18. The second-order valence-electron chi connectivity index (χ2n) is 5.98.